The van der Waals surface area contributed by atoms with Crippen LogP contribution in [0.25, 0.3) is 10.9 Å². The van der Waals surface area contributed by atoms with Gasteiger partial charge in [-0.2, -0.15) is 0 Å². The fourth-order valence-electron chi connectivity index (χ4n) is 3.86. The first-order valence-corrected chi connectivity index (χ1v) is 8.49. The SMILES string of the molecule is COc1cc2c(cc1Br)Cc1c([nH]c3cccc(N)c13)C2(C)C. The maximum atomic E-state index is 6.26. The van der Waals surface area contributed by atoms with Gasteiger partial charge >= 0.3 is 0 Å². The van der Waals surface area contributed by atoms with Gasteiger partial charge in [0.25, 0.3) is 0 Å². The number of fused-ring (bicyclic) bond motifs is 4. The summed E-state index contributed by atoms with van der Waals surface area (Å²) in [6.07, 6.45) is 0.880. The van der Waals surface area contributed by atoms with Crippen LogP contribution in [0.15, 0.2) is 34.8 Å². The van der Waals surface area contributed by atoms with E-state index in [2.05, 4.69) is 53.0 Å². The Kier molecular flexibility index (Phi) is 3.04. The molecule has 0 atom stereocenters. The molecule has 0 unspecified atom stereocenters. The summed E-state index contributed by atoms with van der Waals surface area (Å²) < 4.78 is 6.48. The van der Waals surface area contributed by atoms with Gasteiger partial charge < -0.3 is 15.5 Å². The van der Waals surface area contributed by atoms with Crippen LogP contribution in [0.2, 0.25) is 0 Å². The second-order valence-corrected chi connectivity index (χ2v) is 7.55. The van der Waals surface area contributed by atoms with Crippen LogP contribution in [0.5, 0.6) is 5.75 Å². The van der Waals surface area contributed by atoms with Gasteiger partial charge in [0, 0.05) is 34.1 Å². The highest BCUT2D eigenvalue weighted by Gasteiger charge is 2.36. The van der Waals surface area contributed by atoms with Crippen molar-refractivity contribution < 1.29 is 4.74 Å². The number of hydrogen-bond acceptors (Lipinski definition) is 2. The smallest absolute Gasteiger partial charge is 0.133 e. The van der Waals surface area contributed by atoms with E-state index in [1.54, 1.807) is 7.11 Å². The Morgan fingerprint density at radius 2 is 2.04 bits per heavy atom. The summed E-state index contributed by atoms with van der Waals surface area (Å²) in [5.74, 6) is 0.871. The Balaban J connectivity index is 2.04. The molecule has 3 nitrogen and oxygen atoms in total. The fourth-order valence-corrected chi connectivity index (χ4v) is 4.41. The fraction of sp³-hybridized carbons (Fsp3) is 0.263. The van der Waals surface area contributed by atoms with E-state index >= 15 is 0 Å². The summed E-state index contributed by atoms with van der Waals surface area (Å²) in [6, 6.07) is 10.4. The summed E-state index contributed by atoms with van der Waals surface area (Å²) in [6.45, 7) is 4.51. The molecule has 4 rings (SSSR count). The van der Waals surface area contributed by atoms with Gasteiger partial charge in [0.15, 0.2) is 0 Å². The lowest BCUT2D eigenvalue weighted by Gasteiger charge is -2.33. The lowest BCUT2D eigenvalue weighted by molar-refractivity contribution is 0.409. The second kappa shape index (κ2) is 4.78. The van der Waals surface area contributed by atoms with Crippen molar-refractivity contribution in [1.82, 2.24) is 4.98 Å². The van der Waals surface area contributed by atoms with Crippen molar-refractivity contribution in [3.05, 3.63) is 57.2 Å². The summed E-state index contributed by atoms with van der Waals surface area (Å²) in [7, 11) is 1.71. The first-order chi connectivity index (χ1) is 10.9. The van der Waals surface area contributed by atoms with E-state index in [-0.39, 0.29) is 5.41 Å². The standard InChI is InChI=1S/C19H19BrN2O/c1-19(2)12-9-16(23-3)13(20)8-10(12)7-11-17-14(21)5-4-6-15(17)22-18(11)19/h4-6,8-9,22H,7,21H2,1-3H3. The van der Waals surface area contributed by atoms with E-state index in [0.717, 1.165) is 33.2 Å². The van der Waals surface area contributed by atoms with Crippen molar-refractivity contribution in [3.8, 4) is 5.75 Å². The Labute approximate surface area is 144 Å². The van der Waals surface area contributed by atoms with Gasteiger partial charge in [-0.15, -0.1) is 0 Å². The van der Waals surface area contributed by atoms with Crippen molar-refractivity contribution in [3.63, 3.8) is 0 Å². The summed E-state index contributed by atoms with van der Waals surface area (Å²) in [5, 5.41) is 1.16. The molecule has 1 aliphatic rings. The van der Waals surface area contributed by atoms with E-state index in [1.165, 1.54) is 22.4 Å². The van der Waals surface area contributed by atoms with Gasteiger partial charge in [0.1, 0.15) is 5.75 Å². The quantitative estimate of drug-likeness (QED) is 0.607. The number of nitrogens with one attached hydrogen (secondary N) is 1. The predicted octanol–water partition coefficient (Wildman–Crippen LogP) is 4.75. The van der Waals surface area contributed by atoms with Crippen LogP contribution in [-0.2, 0) is 11.8 Å². The highest BCUT2D eigenvalue weighted by atomic mass is 79.9. The zero-order valence-electron chi connectivity index (χ0n) is 13.5. The third-order valence-corrected chi connectivity index (χ3v) is 5.62. The van der Waals surface area contributed by atoms with Crippen LogP contribution in [0.4, 0.5) is 5.69 Å². The Bertz CT molecular complexity index is 940. The maximum absolute atomic E-state index is 6.26. The monoisotopic (exact) mass is 370 g/mol. The molecule has 0 saturated carbocycles. The zero-order chi connectivity index (χ0) is 16.4. The molecule has 0 saturated heterocycles. The molecule has 3 N–H and O–H groups in total. The molecule has 0 spiro atoms. The number of rotatable bonds is 1. The second-order valence-electron chi connectivity index (χ2n) is 6.69. The number of hydrogen-bond donors (Lipinski definition) is 2. The minimum Gasteiger partial charge on any atom is -0.496 e. The van der Waals surface area contributed by atoms with Crippen LogP contribution >= 0.6 is 15.9 Å². The average molecular weight is 371 g/mol. The molecule has 1 aromatic heterocycles. The van der Waals surface area contributed by atoms with Crippen LogP contribution in [0.1, 0.15) is 36.2 Å². The number of H-pyrrole nitrogens is 1. The van der Waals surface area contributed by atoms with Crippen LogP contribution in [0, 0.1) is 0 Å². The van der Waals surface area contributed by atoms with Crippen LogP contribution in [0.3, 0.4) is 0 Å². The number of aromatic amines is 1. The molecule has 1 heterocycles. The molecule has 0 amide bonds. The zero-order valence-corrected chi connectivity index (χ0v) is 15.0. The average Bonchev–Trinajstić information content (AvgIpc) is 2.88. The number of nitrogen functional groups attached to an aromatic ring is 1. The third-order valence-electron chi connectivity index (χ3n) is 5.00. The molecular weight excluding hydrogens is 352 g/mol. The van der Waals surface area contributed by atoms with Gasteiger partial charge in [-0.3, -0.25) is 0 Å². The number of anilines is 1. The molecule has 0 radical (unpaired) electrons. The molecule has 0 fully saturated rings. The molecule has 2 aromatic carbocycles. The minimum absolute atomic E-state index is 0.123. The van der Waals surface area contributed by atoms with Gasteiger partial charge in [0.05, 0.1) is 11.6 Å². The summed E-state index contributed by atoms with van der Waals surface area (Å²) >= 11 is 3.61. The van der Waals surface area contributed by atoms with Crippen LogP contribution in [-0.4, -0.2) is 12.1 Å². The first-order valence-electron chi connectivity index (χ1n) is 7.70. The van der Waals surface area contributed by atoms with E-state index in [0.29, 0.717) is 0 Å². The van der Waals surface area contributed by atoms with Gasteiger partial charge in [-0.1, -0.05) is 19.9 Å². The highest BCUT2D eigenvalue weighted by molar-refractivity contribution is 9.10. The van der Waals surface area contributed by atoms with E-state index in [1.807, 2.05) is 12.1 Å². The Morgan fingerprint density at radius 1 is 1.26 bits per heavy atom. The molecule has 0 aliphatic heterocycles. The van der Waals surface area contributed by atoms with Crippen molar-refractivity contribution in [2.45, 2.75) is 25.7 Å². The topological polar surface area (TPSA) is 51.0 Å². The van der Waals surface area contributed by atoms with Crippen molar-refractivity contribution >= 4 is 32.5 Å². The molecule has 1 aliphatic carbocycles. The third kappa shape index (κ3) is 1.94. The Hall–Kier alpha value is -1.94. The molecule has 0 bridgehead atoms. The number of aromatic nitrogens is 1. The summed E-state index contributed by atoms with van der Waals surface area (Å²) in [5.41, 5.74) is 13.3. The van der Waals surface area contributed by atoms with Crippen molar-refractivity contribution in [2.24, 2.45) is 0 Å². The largest absolute Gasteiger partial charge is 0.496 e. The van der Waals surface area contributed by atoms with Gasteiger partial charge in [0.2, 0.25) is 0 Å². The van der Waals surface area contributed by atoms with Crippen LogP contribution < -0.4 is 10.5 Å². The van der Waals surface area contributed by atoms with Crippen molar-refractivity contribution in [2.75, 3.05) is 12.8 Å². The lowest BCUT2D eigenvalue weighted by atomic mass is 9.71. The number of methoxy groups -OCH3 is 1. The molecule has 3 aromatic rings. The predicted molar refractivity (Wildman–Crippen MR) is 98.3 cm³/mol. The highest BCUT2D eigenvalue weighted by Crippen LogP contribution is 2.46. The summed E-state index contributed by atoms with van der Waals surface area (Å²) in [4.78, 5) is 3.61. The lowest BCUT2D eigenvalue weighted by Crippen LogP contribution is -2.27. The first kappa shape index (κ1) is 14.6. The van der Waals surface area contributed by atoms with E-state index in [4.69, 9.17) is 10.5 Å². The molecule has 118 valence electrons. The Morgan fingerprint density at radius 3 is 2.78 bits per heavy atom. The molecular formula is C19H19BrN2O. The number of halogens is 1. The van der Waals surface area contributed by atoms with E-state index < -0.39 is 0 Å². The molecule has 4 heteroatoms. The number of nitrogens with two attached hydrogens (primary N) is 1. The van der Waals surface area contributed by atoms with Gasteiger partial charge in [-0.05, 0) is 56.9 Å². The van der Waals surface area contributed by atoms with Crippen molar-refractivity contribution in [1.29, 1.82) is 0 Å². The number of benzene rings is 2. The van der Waals surface area contributed by atoms with E-state index in [9.17, 15) is 0 Å². The maximum Gasteiger partial charge on any atom is 0.133 e. The minimum atomic E-state index is -0.123. The normalized spacial score (nSPS) is 15.3. The number of ether oxygens (including phenoxy) is 1. The van der Waals surface area contributed by atoms with Gasteiger partial charge in [-0.25, -0.2) is 0 Å². The molecule has 23 heavy (non-hydrogen) atoms.